The third-order valence-electron chi connectivity index (χ3n) is 2.46. The molecule has 0 fully saturated rings. The number of nitrogen functional groups attached to an aromatic ring is 1. The van der Waals surface area contributed by atoms with Crippen LogP contribution in [0.1, 0.15) is 25.7 Å². The van der Waals surface area contributed by atoms with Crippen LogP contribution in [0.15, 0.2) is 30.3 Å². The fourth-order valence-electron chi connectivity index (χ4n) is 1.65. The molecule has 0 aliphatic rings. The van der Waals surface area contributed by atoms with E-state index in [1.54, 1.807) is 35.6 Å². The molecule has 2 aromatic rings. The van der Waals surface area contributed by atoms with Gasteiger partial charge in [0.25, 0.3) is 0 Å². The number of rotatable bonds is 2. The van der Waals surface area contributed by atoms with Gasteiger partial charge in [-0.15, -0.1) is 11.3 Å². The number of carbonyl (C=O) groups is 1. The van der Waals surface area contributed by atoms with E-state index in [9.17, 15) is 4.79 Å². The third-order valence-corrected chi connectivity index (χ3v) is 3.42. The van der Waals surface area contributed by atoms with Crippen LogP contribution in [0.3, 0.4) is 0 Å². The van der Waals surface area contributed by atoms with E-state index in [1.165, 1.54) is 0 Å². The zero-order valence-corrected chi connectivity index (χ0v) is 10.1. The molecule has 0 saturated carbocycles. The zero-order chi connectivity index (χ0) is 11.7. The van der Waals surface area contributed by atoms with Crippen LogP contribution in [0.2, 0.25) is 0 Å². The minimum absolute atomic E-state index is 0.0712. The monoisotopic (exact) mass is 231 g/mol. The standard InChI is InChI=1S/C13H13NOS/c1-8-7-12(9(2)16-8)13(15)10-3-5-11(14)6-4-10/h3-7H,14H2,1-2H3. The summed E-state index contributed by atoms with van der Waals surface area (Å²) in [6.45, 7) is 3.99. The second kappa shape index (κ2) is 4.10. The van der Waals surface area contributed by atoms with E-state index >= 15 is 0 Å². The lowest BCUT2D eigenvalue weighted by atomic mass is 10.0. The van der Waals surface area contributed by atoms with Crippen molar-refractivity contribution in [2.24, 2.45) is 0 Å². The summed E-state index contributed by atoms with van der Waals surface area (Å²) in [7, 11) is 0. The number of hydrogen-bond donors (Lipinski definition) is 1. The summed E-state index contributed by atoms with van der Waals surface area (Å²) in [5, 5.41) is 0. The van der Waals surface area contributed by atoms with Crippen LogP contribution < -0.4 is 5.73 Å². The lowest BCUT2D eigenvalue weighted by Crippen LogP contribution is -2.01. The molecular weight excluding hydrogens is 218 g/mol. The van der Waals surface area contributed by atoms with E-state index in [4.69, 9.17) is 5.73 Å². The molecule has 1 heterocycles. The van der Waals surface area contributed by atoms with Gasteiger partial charge in [-0.05, 0) is 44.2 Å². The van der Waals surface area contributed by atoms with Crippen molar-refractivity contribution in [2.75, 3.05) is 5.73 Å². The van der Waals surface area contributed by atoms with Crippen LogP contribution in [-0.4, -0.2) is 5.78 Å². The normalized spacial score (nSPS) is 10.4. The maximum Gasteiger partial charge on any atom is 0.194 e. The first-order valence-corrected chi connectivity index (χ1v) is 5.87. The quantitative estimate of drug-likeness (QED) is 0.637. The highest BCUT2D eigenvalue weighted by Crippen LogP contribution is 2.23. The number of anilines is 1. The Labute approximate surface area is 98.7 Å². The van der Waals surface area contributed by atoms with Crippen molar-refractivity contribution in [3.05, 3.63) is 51.2 Å². The number of nitrogens with two attached hydrogens (primary N) is 1. The summed E-state index contributed by atoms with van der Waals surface area (Å²) in [5.41, 5.74) is 7.75. The fourth-order valence-corrected chi connectivity index (χ4v) is 2.57. The van der Waals surface area contributed by atoms with Gasteiger partial charge < -0.3 is 5.73 Å². The van der Waals surface area contributed by atoms with Crippen LogP contribution in [0.5, 0.6) is 0 Å². The third kappa shape index (κ3) is 1.99. The maximum atomic E-state index is 12.2. The van der Waals surface area contributed by atoms with E-state index in [0.29, 0.717) is 11.3 Å². The Morgan fingerprint density at radius 3 is 2.31 bits per heavy atom. The molecule has 2 nitrogen and oxygen atoms in total. The van der Waals surface area contributed by atoms with Crippen LogP contribution in [-0.2, 0) is 0 Å². The first-order valence-electron chi connectivity index (χ1n) is 5.05. The van der Waals surface area contributed by atoms with Gasteiger partial charge in [-0.2, -0.15) is 0 Å². The van der Waals surface area contributed by atoms with Crippen molar-refractivity contribution in [1.29, 1.82) is 0 Å². The Hall–Kier alpha value is -1.61. The highest BCUT2D eigenvalue weighted by atomic mass is 32.1. The van der Waals surface area contributed by atoms with E-state index in [0.717, 1.165) is 15.3 Å². The lowest BCUT2D eigenvalue weighted by molar-refractivity contribution is 0.103. The Morgan fingerprint density at radius 2 is 1.81 bits per heavy atom. The number of aryl methyl sites for hydroxylation is 2. The molecular formula is C13H13NOS. The zero-order valence-electron chi connectivity index (χ0n) is 9.28. The Bertz CT molecular complexity index is 525. The molecule has 0 radical (unpaired) electrons. The van der Waals surface area contributed by atoms with E-state index in [1.807, 2.05) is 19.9 Å². The summed E-state index contributed by atoms with van der Waals surface area (Å²) >= 11 is 1.65. The number of hydrogen-bond acceptors (Lipinski definition) is 3. The summed E-state index contributed by atoms with van der Waals surface area (Å²) in [5.74, 6) is 0.0712. The Morgan fingerprint density at radius 1 is 1.19 bits per heavy atom. The summed E-state index contributed by atoms with van der Waals surface area (Å²) in [4.78, 5) is 14.4. The molecule has 0 unspecified atom stereocenters. The molecule has 0 aliphatic heterocycles. The second-order valence-corrected chi connectivity index (χ2v) is 5.24. The summed E-state index contributed by atoms with van der Waals surface area (Å²) in [6.07, 6.45) is 0. The molecule has 0 amide bonds. The predicted molar refractivity (Wildman–Crippen MR) is 68.1 cm³/mol. The van der Waals surface area contributed by atoms with E-state index in [2.05, 4.69) is 0 Å². The number of thiophene rings is 1. The molecule has 0 aliphatic carbocycles. The van der Waals surface area contributed by atoms with Gasteiger partial charge in [0.2, 0.25) is 0 Å². The van der Waals surface area contributed by atoms with E-state index < -0.39 is 0 Å². The maximum absolute atomic E-state index is 12.2. The number of benzene rings is 1. The second-order valence-electron chi connectivity index (χ2n) is 3.78. The minimum atomic E-state index is 0.0712. The van der Waals surface area contributed by atoms with Crippen molar-refractivity contribution < 1.29 is 4.79 Å². The average molecular weight is 231 g/mol. The fraction of sp³-hybridized carbons (Fsp3) is 0.154. The molecule has 0 atom stereocenters. The van der Waals surface area contributed by atoms with Gasteiger partial charge in [0, 0.05) is 26.6 Å². The van der Waals surface area contributed by atoms with Gasteiger partial charge >= 0.3 is 0 Å². The molecule has 1 aromatic carbocycles. The first kappa shape index (κ1) is 10.9. The van der Waals surface area contributed by atoms with Crippen LogP contribution in [0.25, 0.3) is 0 Å². The van der Waals surface area contributed by atoms with Gasteiger partial charge in [-0.25, -0.2) is 0 Å². The highest BCUT2D eigenvalue weighted by Gasteiger charge is 2.13. The van der Waals surface area contributed by atoms with E-state index in [-0.39, 0.29) is 5.78 Å². The van der Waals surface area contributed by atoms with Gasteiger partial charge in [0.15, 0.2) is 5.78 Å². The molecule has 2 N–H and O–H groups in total. The van der Waals surface area contributed by atoms with Crippen molar-refractivity contribution in [2.45, 2.75) is 13.8 Å². The highest BCUT2D eigenvalue weighted by molar-refractivity contribution is 7.12. The number of carbonyl (C=O) groups excluding carboxylic acids is 1. The topological polar surface area (TPSA) is 43.1 Å². The largest absolute Gasteiger partial charge is 0.399 e. The van der Waals surface area contributed by atoms with Crippen molar-refractivity contribution in [3.8, 4) is 0 Å². The lowest BCUT2D eigenvalue weighted by Gasteiger charge is -2.00. The average Bonchev–Trinajstić information content (AvgIpc) is 2.58. The van der Waals surface area contributed by atoms with Crippen molar-refractivity contribution in [1.82, 2.24) is 0 Å². The van der Waals surface area contributed by atoms with Crippen LogP contribution >= 0.6 is 11.3 Å². The predicted octanol–water partition coefficient (Wildman–Crippen LogP) is 3.18. The van der Waals surface area contributed by atoms with Crippen molar-refractivity contribution >= 4 is 22.8 Å². The van der Waals surface area contributed by atoms with Crippen molar-refractivity contribution in [3.63, 3.8) is 0 Å². The van der Waals surface area contributed by atoms with Gasteiger partial charge in [-0.3, -0.25) is 4.79 Å². The van der Waals surface area contributed by atoms with Crippen LogP contribution in [0, 0.1) is 13.8 Å². The summed E-state index contributed by atoms with van der Waals surface area (Å²) < 4.78 is 0. The van der Waals surface area contributed by atoms with Gasteiger partial charge in [-0.1, -0.05) is 0 Å². The van der Waals surface area contributed by atoms with Gasteiger partial charge in [0.1, 0.15) is 0 Å². The molecule has 0 bridgehead atoms. The molecule has 2 rings (SSSR count). The molecule has 0 saturated heterocycles. The van der Waals surface area contributed by atoms with Crippen LogP contribution in [0.4, 0.5) is 5.69 Å². The Balaban J connectivity index is 2.39. The molecule has 3 heteroatoms. The first-order chi connectivity index (χ1) is 7.58. The number of ketones is 1. The molecule has 1 aromatic heterocycles. The smallest absolute Gasteiger partial charge is 0.194 e. The Kier molecular flexibility index (Phi) is 2.79. The SMILES string of the molecule is Cc1cc(C(=O)c2ccc(N)cc2)c(C)s1. The summed E-state index contributed by atoms with van der Waals surface area (Å²) in [6, 6.07) is 8.98. The molecule has 82 valence electrons. The molecule has 0 spiro atoms. The molecule has 16 heavy (non-hydrogen) atoms. The van der Waals surface area contributed by atoms with Gasteiger partial charge in [0.05, 0.1) is 0 Å². The minimum Gasteiger partial charge on any atom is -0.399 e.